The van der Waals surface area contributed by atoms with Gasteiger partial charge in [0.2, 0.25) is 0 Å². The molecule has 2 N–H and O–H groups in total. The molecule has 2 atom stereocenters. The van der Waals surface area contributed by atoms with Gasteiger partial charge < -0.3 is 5.73 Å². The average Bonchev–Trinajstić information content (AvgIpc) is 2.39. The maximum Gasteiger partial charge on any atom is 0.282 e. The molecule has 0 aromatic rings. The van der Waals surface area contributed by atoms with Crippen molar-refractivity contribution in [1.29, 1.82) is 0 Å². The van der Waals surface area contributed by atoms with E-state index in [0.29, 0.717) is 32.1 Å². The van der Waals surface area contributed by atoms with Crippen molar-refractivity contribution in [2.75, 3.05) is 26.2 Å². The molecule has 2 heterocycles. The average molecular weight is 312 g/mol. The summed E-state index contributed by atoms with van der Waals surface area (Å²) in [5.74, 6) is 0.364. The highest BCUT2D eigenvalue weighted by Gasteiger charge is 2.38. The van der Waals surface area contributed by atoms with Crippen molar-refractivity contribution >= 4 is 22.6 Å². The van der Waals surface area contributed by atoms with Gasteiger partial charge in [0, 0.05) is 32.2 Å². The minimum atomic E-state index is -3.29. The van der Waals surface area contributed by atoms with Crippen LogP contribution in [0.1, 0.15) is 39.0 Å². The Morgan fingerprint density at radius 2 is 1.74 bits per heavy atom. The minimum Gasteiger partial charge on any atom is -0.329 e. The van der Waals surface area contributed by atoms with Crippen LogP contribution in [0.5, 0.6) is 0 Å². The van der Waals surface area contributed by atoms with Crippen LogP contribution in [0.15, 0.2) is 0 Å². The van der Waals surface area contributed by atoms with Crippen LogP contribution in [-0.4, -0.2) is 49.2 Å². The van der Waals surface area contributed by atoms with E-state index in [4.69, 9.17) is 5.73 Å². The van der Waals surface area contributed by atoms with Gasteiger partial charge in [-0.1, -0.05) is 13.3 Å². The van der Waals surface area contributed by atoms with Crippen LogP contribution >= 0.6 is 12.4 Å². The highest BCUT2D eigenvalue weighted by molar-refractivity contribution is 7.86. The summed E-state index contributed by atoms with van der Waals surface area (Å²) in [6.07, 6.45) is 5.13. The SMILES string of the molecule is CC1CCCN(S(=O)(=O)N2CCCCC2)C1CN.Cl. The number of piperidine rings is 2. The largest absolute Gasteiger partial charge is 0.329 e. The molecule has 2 aliphatic heterocycles. The molecule has 7 heteroatoms. The van der Waals surface area contributed by atoms with Gasteiger partial charge in [0.15, 0.2) is 0 Å². The van der Waals surface area contributed by atoms with E-state index >= 15 is 0 Å². The van der Waals surface area contributed by atoms with Crippen molar-refractivity contribution in [2.24, 2.45) is 11.7 Å². The number of halogens is 1. The number of nitrogens with two attached hydrogens (primary N) is 1. The lowest BCUT2D eigenvalue weighted by Crippen LogP contribution is -2.56. The molecular formula is C12H26ClN3O2S. The van der Waals surface area contributed by atoms with E-state index < -0.39 is 10.2 Å². The summed E-state index contributed by atoms with van der Waals surface area (Å²) in [4.78, 5) is 0. The fourth-order valence-electron chi connectivity index (χ4n) is 3.09. The van der Waals surface area contributed by atoms with Crippen LogP contribution in [0.2, 0.25) is 0 Å². The molecule has 2 saturated heterocycles. The molecule has 0 bridgehead atoms. The van der Waals surface area contributed by atoms with Crippen molar-refractivity contribution < 1.29 is 8.42 Å². The maximum atomic E-state index is 12.7. The van der Waals surface area contributed by atoms with Crippen LogP contribution < -0.4 is 5.73 Å². The first-order chi connectivity index (χ1) is 8.57. The van der Waals surface area contributed by atoms with Crippen molar-refractivity contribution in [1.82, 2.24) is 8.61 Å². The van der Waals surface area contributed by atoms with Gasteiger partial charge in [0.05, 0.1) is 0 Å². The highest BCUT2D eigenvalue weighted by atomic mass is 35.5. The third-order valence-corrected chi connectivity index (χ3v) is 6.31. The third-order valence-electron chi connectivity index (χ3n) is 4.24. The van der Waals surface area contributed by atoms with E-state index in [1.807, 2.05) is 0 Å². The molecule has 0 spiro atoms. The number of hydrogen-bond acceptors (Lipinski definition) is 3. The molecule has 0 radical (unpaired) electrons. The summed E-state index contributed by atoms with van der Waals surface area (Å²) in [6.45, 7) is 4.50. The van der Waals surface area contributed by atoms with Crippen molar-refractivity contribution in [3.05, 3.63) is 0 Å². The van der Waals surface area contributed by atoms with Crippen molar-refractivity contribution in [3.8, 4) is 0 Å². The smallest absolute Gasteiger partial charge is 0.282 e. The lowest BCUT2D eigenvalue weighted by atomic mass is 9.93. The predicted molar refractivity (Wildman–Crippen MR) is 79.5 cm³/mol. The monoisotopic (exact) mass is 311 g/mol. The van der Waals surface area contributed by atoms with Crippen LogP contribution in [0.3, 0.4) is 0 Å². The first-order valence-electron chi connectivity index (χ1n) is 7.04. The van der Waals surface area contributed by atoms with Crippen LogP contribution in [0.25, 0.3) is 0 Å². The molecule has 0 aliphatic carbocycles. The van der Waals surface area contributed by atoms with Crippen LogP contribution in [0.4, 0.5) is 0 Å². The third kappa shape index (κ3) is 3.61. The Morgan fingerprint density at radius 1 is 1.11 bits per heavy atom. The Bertz CT molecular complexity index is 371. The second kappa shape index (κ2) is 7.22. The molecule has 2 rings (SSSR count). The number of nitrogens with zero attached hydrogens (tertiary/aromatic N) is 2. The van der Waals surface area contributed by atoms with E-state index in [9.17, 15) is 8.42 Å². The molecule has 0 saturated carbocycles. The lowest BCUT2D eigenvalue weighted by molar-refractivity contribution is 0.176. The Hall–Kier alpha value is 0.120. The van der Waals surface area contributed by atoms with Gasteiger partial charge in [-0.05, 0) is 31.6 Å². The lowest BCUT2D eigenvalue weighted by Gasteiger charge is -2.41. The van der Waals surface area contributed by atoms with E-state index in [0.717, 1.165) is 32.1 Å². The standard InChI is InChI=1S/C12H25N3O2S.ClH/c1-11-6-5-9-15(12(11)10-13)18(16,17)14-7-3-2-4-8-14;/h11-12H,2-10,13H2,1H3;1H. The van der Waals surface area contributed by atoms with Crippen molar-refractivity contribution in [2.45, 2.75) is 45.1 Å². The normalized spacial score (nSPS) is 30.8. The Balaban J connectivity index is 0.00000180. The Kier molecular flexibility index (Phi) is 6.53. The summed E-state index contributed by atoms with van der Waals surface area (Å²) in [7, 11) is -3.29. The molecule has 114 valence electrons. The zero-order valence-corrected chi connectivity index (χ0v) is 13.3. The van der Waals surface area contributed by atoms with Crippen molar-refractivity contribution in [3.63, 3.8) is 0 Å². The second-order valence-electron chi connectivity index (χ2n) is 5.50. The number of hydrogen-bond donors (Lipinski definition) is 1. The van der Waals surface area contributed by atoms with Gasteiger partial charge in [-0.3, -0.25) is 0 Å². The van der Waals surface area contributed by atoms with E-state index in [2.05, 4.69) is 6.92 Å². The fourth-order valence-corrected chi connectivity index (χ4v) is 5.10. The molecule has 0 aromatic carbocycles. The predicted octanol–water partition coefficient (Wildman–Crippen LogP) is 1.20. The molecule has 5 nitrogen and oxygen atoms in total. The summed E-state index contributed by atoms with van der Waals surface area (Å²) >= 11 is 0. The van der Waals surface area contributed by atoms with Gasteiger partial charge in [0.1, 0.15) is 0 Å². The summed E-state index contributed by atoms with van der Waals surface area (Å²) in [6, 6.07) is -0.0225. The van der Waals surface area contributed by atoms with Gasteiger partial charge in [0.25, 0.3) is 10.2 Å². The topological polar surface area (TPSA) is 66.6 Å². The molecule has 19 heavy (non-hydrogen) atoms. The first kappa shape index (κ1) is 17.2. The molecule has 2 unspecified atom stereocenters. The quantitative estimate of drug-likeness (QED) is 0.851. The zero-order chi connectivity index (χ0) is 13.2. The van der Waals surface area contributed by atoms with Crippen LogP contribution in [-0.2, 0) is 10.2 Å². The highest BCUT2D eigenvalue weighted by Crippen LogP contribution is 2.27. The first-order valence-corrected chi connectivity index (χ1v) is 8.44. The van der Waals surface area contributed by atoms with Gasteiger partial charge >= 0.3 is 0 Å². The van der Waals surface area contributed by atoms with E-state index in [1.54, 1.807) is 8.61 Å². The second-order valence-corrected chi connectivity index (χ2v) is 7.38. The molecule has 0 aromatic heterocycles. The Morgan fingerprint density at radius 3 is 2.32 bits per heavy atom. The van der Waals surface area contributed by atoms with E-state index in [1.165, 1.54) is 0 Å². The summed E-state index contributed by atoms with van der Waals surface area (Å²) in [5.41, 5.74) is 5.79. The zero-order valence-electron chi connectivity index (χ0n) is 11.6. The van der Waals surface area contributed by atoms with Crippen LogP contribution in [0, 0.1) is 5.92 Å². The molecule has 2 aliphatic rings. The van der Waals surface area contributed by atoms with Gasteiger partial charge in [-0.25, -0.2) is 0 Å². The summed E-state index contributed by atoms with van der Waals surface area (Å²) in [5, 5.41) is 0. The minimum absolute atomic E-state index is 0. The molecule has 0 amide bonds. The van der Waals surface area contributed by atoms with E-state index in [-0.39, 0.29) is 18.4 Å². The maximum absolute atomic E-state index is 12.7. The Labute approximate surface area is 123 Å². The molecular weight excluding hydrogens is 286 g/mol. The molecule has 2 fully saturated rings. The van der Waals surface area contributed by atoms with Gasteiger partial charge in [-0.15, -0.1) is 12.4 Å². The van der Waals surface area contributed by atoms with Gasteiger partial charge in [-0.2, -0.15) is 17.0 Å². The fraction of sp³-hybridized carbons (Fsp3) is 1.00. The summed E-state index contributed by atoms with van der Waals surface area (Å²) < 4.78 is 28.6. The number of rotatable bonds is 3.